The van der Waals surface area contributed by atoms with E-state index < -0.39 is 0 Å². The van der Waals surface area contributed by atoms with E-state index in [0.717, 1.165) is 32.8 Å². The smallest absolute Gasteiger partial charge is 0.170 e. The highest BCUT2D eigenvalue weighted by Crippen LogP contribution is 2.37. The topological polar surface area (TPSA) is 27.7 Å². The number of rotatable bonds is 15. The minimum absolute atomic E-state index is 0.386. The molecule has 1 heterocycles. The van der Waals surface area contributed by atoms with E-state index in [1.54, 1.807) is 0 Å². The summed E-state index contributed by atoms with van der Waals surface area (Å²) in [7, 11) is 0. The molecule has 1 saturated heterocycles. The third-order valence-electron chi connectivity index (χ3n) is 5.12. The summed E-state index contributed by atoms with van der Waals surface area (Å²) in [5.41, 5.74) is 0. The van der Waals surface area contributed by atoms with Crippen molar-refractivity contribution >= 4 is 0 Å². The van der Waals surface area contributed by atoms with Gasteiger partial charge in [-0.2, -0.15) is 0 Å². The monoisotopic (exact) mass is 328 g/mol. The molecule has 0 saturated carbocycles. The van der Waals surface area contributed by atoms with E-state index >= 15 is 0 Å². The molecule has 3 heteroatoms. The molecule has 1 fully saturated rings. The van der Waals surface area contributed by atoms with Crippen molar-refractivity contribution in [3.05, 3.63) is 0 Å². The molecule has 0 spiro atoms. The third-order valence-corrected chi connectivity index (χ3v) is 5.12. The average Bonchev–Trinajstić information content (AvgIpc) is 2.51. The van der Waals surface area contributed by atoms with Crippen molar-refractivity contribution in [2.75, 3.05) is 26.4 Å². The standard InChI is InChI=1S/C20H40O3/c1-5-9-10-11-12-13-14-19(15-18-16-21-17-18)20(6-2,22-7-3)23-8-4/h18-19H,5-17H2,1-4H3. The Labute approximate surface area is 144 Å². The second-order valence-electron chi connectivity index (χ2n) is 6.92. The molecule has 1 unspecified atom stereocenters. The Bertz CT molecular complexity index is 270. The summed E-state index contributed by atoms with van der Waals surface area (Å²) >= 11 is 0. The number of hydrogen-bond donors (Lipinski definition) is 0. The van der Waals surface area contributed by atoms with E-state index in [4.69, 9.17) is 14.2 Å². The molecule has 0 bridgehead atoms. The van der Waals surface area contributed by atoms with E-state index in [-0.39, 0.29) is 5.79 Å². The Morgan fingerprint density at radius 2 is 1.52 bits per heavy atom. The predicted octanol–water partition coefficient (Wildman–Crippen LogP) is 5.57. The molecule has 23 heavy (non-hydrogen) atoms. The number of ether oxygens (including phenoxy) is 3. The van der Waals surface area contributed by atoms with E-state index in [9.17, 15) is 0 Å². The fourth-order valence-corrected chi connectivity index (χ4v) is 3.77. The van der Waals surface area contributed by atoms with E-state index in [0.29, 0.717) is 11.8 Å². The van der Waals surface area contributed by atoms with Gasteiger partial charge in [0, 0.05) is 25.0 Å². The Balaban J connectivity index is 2.56. The van der Waals surface area contributed by atoms with Gasteiger partial charge < -0.3 is 14.2 Å². The van der Waals surface area contributed by atoms with Crippen LogP contribution in [-0.4, -0.2) is 32.2 Å². The fraction of sp³-hybridized carbons (Fsp3) is 1.00. The van der Waals surface area contributed by atoms with Crippen molar-refractivity contribution in [2.45, 2.75) is 91.3 Å². The highest BCUT2D eigenvalue weighted by atomic mass is 16.7. The van der Waals surface area contributed by atoms with Crippen molar-refractivity contribution < 1.29 is 14.2 Å². The summed E-state index contributed by atoms with van der Waals surface area (Å²) in [4.78, 5) is 0. The SMILES string of the molecule is CCCCCCCCC(CC1COC1)C(CC)(OCC)OCC. The van der Waals surface area contributed by atoms with Crippen LogP contribution in [0.4, 0.5) is 0 Å². The van der Waals surface area contributed by atoms with Crippen LogP contribution in [0, 0.1) is 11.8 Å². The molecule has 0 aromatic carbocycles. The van der Waals surface area contributed by atoms with Gasteiger partial charge in [-0.05, 0) is 33.1 Å². The second kappa shape index (κ2) is 12.3. The lowest BCUT2D eigenvalue weighted by Crippen LogP contribution is -2.46. The van der Waals surface area contributed by atoms with Gasteiger partial charge in [0.15, 0.2) is 5.79 Å². The maximum atomic E-state index is 6.18. The first-order chi connectivity index (χ1) is 11.2. The number of hydrogen-bond acceptors (Lipinski definition) is 3. The van der Waals surface area contributed by atoms with Gasteiger partial charge in [0.05, 0.1) is 13.2 Å². The Hall–Kier alpha value is -0.120. The van der Waals surface area contributed by atoms with Crippen LogP contribution in [0.1, 0.15) is 85.5 Å². The zero-order valence-electron chi connectivity index (χ0n) is 16.1. The lowest BCUT2D eigenvalue weighted by molar-refractivity contribution is -0.272. The molecular weight excluding hydrogens is 288 g/mol. The largest absolute Gasteiger partial charge is 0.381 e. The predicted molar refractivity (Wildman–Crippen MR) is 96.7 cm³/mol. The first-order valence-electron chi connectivity index (χ1n) is 10.1. The molecular formula is C20H40O3. The van der Waals surface area contributed by atoms with Gasteiger partial charge in [-0.1, -0.05) is 52.4 Å². The summed E-state index contributed by atoms with van der Waals surface area (Å²) in [5, 5.41) is 0. The van der Waals surface area contributed by atoms with Crippen LogP contribution in [0.5, 0.6) is 0 Å². The second-order valence-corrected chi connectivity index (χ2v) is 6.92. The summed E-state index contributed by atoms with van der Waals surface area (Å²) in [6.45, 7) is 11.9. The van der Waals surface area contributed by atoms with Gasteiger partial charge >= 0.3 is 0 Å². The highest BCUT2D eigenvalue weighted by molar-refractivity contribution is 4.83. The summed E-state index contributed by atoms with van der Waals surface area (Å²) in [6.07, 6.45) is 11.4. The van der Waals surface area contributed by atoms with E-state index in [2.05, 4.69) is 27.7 Å². The van der Waals surface area contributed by atoms with Gasteiger partial charge in [-0.25, -0.2) is 0 Å². The minimum atomic E-state index is -0.386. The zero-order chi connectivity index (χ0) is 17.0. The number of unbranched alkanes of at least 4 members (excludes halogenated alkanes) is 5. The van der Waals surface area contributed by atoms with Crippen LogP contribution in [0.2, 0.25) is 0 Å². The lowest BCUT2D eigenvalue weighted by atomic mass is 9.82. The quantitative estimate of drug-likeness (QED) is 0.290. The van der Waals surface area contributed by atoms with Gasteiger partial charge in [-0.3, -0.25) is 0 Å². The zero-order valence-corrected chi connectivity index (χ0v) is 16.1. The molecule has 0 aliphatic carbocycles. The molecule has 0 aromatic heterocycles. The van der Waals surface area contributed by atoms with E-state index in [1.165, 1.54) is 51.4 Å². The molecule has 3 nitrogen and oxygen atoms in total. The molecule has 0 radical (unpaired) electrons. The van der Waals surface area contributed by atoms with E-state index in [1.807, 2.05) is 0 Å². The Morgan fingerprint density at radius 3 is 2.00 bits per heavy atom. The van der Waals surface area contributed by atoms with Crippen LogP contribution >= 0.6 is 0 Å². The van der Waals surface area contributed by atoms with Crippen molar-refractivity contribution in [3.63, 3.8) is 0 Å². The molecule has 1 rings (SSSR count). The maximum absolute atomic E-state index is 6.18. The first kappa shape index (κ1) is 20.9. The van der Waals surface area contributed by atoms with Crippen molar-refractivity contribution in [1.82, 2.24) is 0 Å². The van der Waals surface area contributed by atoms with Crippen LogP contribution in [0.3, 0.4) is 0 Å². The molecule has 138 valence electrons. The van der Waals surface area contributed by atoms with Gasteiger partial charge in [0.2, 0.25) is 0 Å². The van der Waals surface area contributed by atoms with Crippen molar-refractivity contribution in [2.24, 2.45) is 11.8 Å². The lowest BCUT2D eigenvalue weighted by Gasteiger charge is -2.42. The van der Waals surface area contributed by atoms with Crippen molar-refractivity contribution in [3.8, 4) is 0 Å². The fourth-order valence-electron chi connectivity index (χ4n) is 3.77. The maximum Gasteiger partial charge on any atom is 0.170 e. The Kier molecular flexibility index (Phi) is 11.2. The van der Waals surface area contributed by atoms with Crippen LogP contribution in [-0.2, 0) is 14.2 Å². The molecule has 1 aliphatic heterocycles. The third kappa shape index (κ3) is 7.11. The van der Waals surface area contributed by atoms with Crippen LogP contribution in [0.25, 0.3) is 0 Å². The van der Waals surface area contributed by atoms with Gasteiger partial charge in [-0.15, -0.1) is 0 Å². The average molecular weight is 329 g/mol. The summed E-state index contributed by atoms with van der Waals surface area (Å²) in [5.74, 6) is 0.807. The molecule has 1 atom stereocenters. The van der Waals surface area contributed by atoms with Gasteiger partial charge in [0.1, 0.15) is 0 Å². The first-order valence-corrected chi connectivity index (χ1v) is 10.1. The summed E-state index contributed by atoms with van der Waals surface area (Å²) in [6, 6.07) is 0. The molecule has 0 aromatic rings. The Morgan fingerprint density at radius 1 is 0.913 bits per heavy atom. The summed E-state index contributed by atoms with van der Waals surface area (Å²) < 4.78 is 17.8. The van der Waals surface area contributed by atoms with Crippen LogP contribution < -0.4 is 0 Å². The molecule has 1 aliphatic rings. The highest BCUT2D eigenvalue weighted by Gasteiger charge is 2.40. The minimum Gasteiger partial charge on any atom is -0.381 e. The van der Waals surface area contributed by atoms with Gasteiger partial charge in [0.25, 0.3) is 0 Å². The normalized spacial score (nSPS) is 17.2. The molecule has 0 amide bonds. The van der Waals surface area contributed by atoms with Crippen LogP contribution in [0.15, 0.2) is 0 Å². The van der Waals surface area contributed by atoms with Crippen molar-refractivity contribution in [1.29, 1.82) is 0 Å². The molecule has 0 N–H and O–H groups in total.